The first kappa shape index (κ1) is 11.5. The lowest BCUT2D eigenvalue weighted by Gasteiger charge is -2.32. The molecule has 1 aliphatic heterocycles. The molecule has 2 rings (SSSR count). The average molecular weight is 241 g/mol. The normalized spacial score (nSPS) is 23.2. The number of rotatable bonds is 2. The van der Waals surface area contributed by atoms with Gasteiger partial charge in [-0.25, -0.2) is 8.42 Å². The summed E-state index contributed by atoms with van der Waals surface area (Å²) in [6.07, 6.45) is 2.96. The molecule has 0 unspecified atom stereocenters. The lowest BCUT2D eigenvalue weighted by molar-refractivity contribution is 0.284. The first-order chi connectivity index (χ1) is 7.62. The number of pyridine rings is 1. The van der Waals surface area contributed by atoms with Gasteiger partial charge in [0.2, 0.25) is 10.0 Å². The zero-order chi connectivity index (χ0) is 11.6. The summed E-state index contributed by atoms with van der Waals surface area (Å²) in [6.45, 7) is 3.81. The molecule has 0 bridgehead atoms. The largest absolute Gasteiger partial charge is 0.314 e. The minimum absolute atomic E-state index is 0.0149. The van der Waals surface area contributed by atoms with Gasteiger partial charge in [-0.15, -0.1) is 0 Å². The maximum atomic E-state index is 12.3. The summed E-state index contributed by atoms with van der Waals surface area (Å²) >= 11 is 0. The van der Waals surface area contributed by atoms with Crippen molar-refractivity contribution in [1.29, 1.82) is 0 Å². The standard InChI is InChI=1S/C10H15N3O2S/c1-9-7-12-5-6-13(9)16(14,15)10-3-2-4-11-8-10/h2-4,8-9,12H,5-7H2,1H3/t9-/m0/s1. The zero-order valence-electron chi connectivity index (χ0n) is 9.13. The SMILES string of the molecule is C[C@H]1CNCCN1S(=O)(=O)c1cccnc1. The maximum Gasteiger partial charge on any atom is 0.244 e. The molecule has 1 N–H and O–H groups in total. The molecule has 0 saturated carbocycles. The molecule has 0 radical (unpaired) electrons. The Labute approximate surface area is 95.5 Å². The van der Waals surface area contributed by atoms with Gasteiger partial charge in [0.05, 0.1) is 0 Å². The smallest absolute Gasteiger partial charge is 0.244 e. The summed E-state index contributed by atoms with van der Waals surface area (Å²) in [7, 11) is -3.38. The number of aromatic nitrogens is 1. The number of nitrogens with zero attached hydrogens (tertiary/aromatic N) is 2. The van der Waals surface area contributed by atoms with Crippen LogP contribution < -0.4 is 5.32 Å². The van der Waals surface area contributed by atoms with E-state index in [2.05, 4.69) is 10.3 Å². The lowest BCUT2D eigenvalue weighted by Crippen LogP contribution is -2.52. The quantitative estimate of drug-likeness (QED) is 0.795. The van der Waals surface area contributed by atoms with Crippen LogP contribution in [-0.4, -0.2) is 43.4 Å². The third kappa shape index (κ3) is 2.09. The van der Waals surface area contributed by atoms with Crippen molar-refractivity contribution in [3.8, 4) is 0 Å². The summed E-state index contributed by atoms with van der Waals surface area (Å²) < 4.78 is 26.0. The summed E-state index contributed by atoms with van der Waals surface area (Å²) in [5, 5.41) is 3.17. The zero-order valence-corrected chi connectivity index (χ0v) is 9.94. The van der Waals surface area contributed by atoms with E-state index in [4.69, 9.17) is 0 Å². The fourth-order valence-electron chi connectivity index (χ4n) is 1.81. The molecule has 1 aromatic heterocycles. The molecule has 1 aromatic rings. The molecule has 0 amide bonds. The van der Waals surface area contributed by atoms with E-state index in [9.17, 15) is 8.42 Å². The van der Waals surface area contributed by atoms with Gasteiger partial charge < -0.3 is 5.32 Å². The molecular weight excluding hydrogens is 226 g/mol. The summed E-state index contributed by atoms with van der Waals surface area (Å²) in [5.41, 5.74) is 0. The van der Waals surface area contributed by atoms with E-state index in [1.165, 1.54) is 10.5 Å². The third-order valence-corrected chi connectivity index (χ3v) is 4.68. The number of piperazine rings is 1. The molecule has 1 saturated heterocycles. The van der Waals surface area contributed by atoms with Crippen LogP contribution in [0.25, 0.3) is 0 Å². The van der Waals surface area contributed by atoms with Crippen molar-refractivity contribution in [2.45, 2.75) is 17.9 Å². The third-order valence-electron chi connectivity index (χ3n) is 2.68. The molecule has 0 aromatic carbocycles. The van der Waals surface area contributed by atoms with Crippen LogP contribution in [-0.2, 0) is 10.0 Å². The molecule has 16 heavy (non-hydrogen) atoms. The van der Waals surface area contributed by atoms with Gasteiger partial charge in [-0.3, -0.25) is 4.98 Å². The monoisotopic (exact) mass is 241 g/mol. The Morgan fingerprint density at radius 2 is 2.38 bits per heavy atom. The second-order valence-electron chi connectivity index (χ2n) is 3.86. The average Bonchev–Trinajstić information content (AvgIpc) is 2.30. The molecule has 1 aliphatic rings. The van der Waals surface area contributed by atoms with Gasteiger partial charge in [0.15, 0.2) is 0 Å². The van der Waals surface area contributed by atoms with Crippen molar-refractivity contribution < 1.29 is 8.42 Å². The highest BCUT2D eigenvalue weighted by Gasteiger charge is 2.30. The van der Waals surface area contributed by atoms with Crippen LogP contribution in [0.2, 0.25) is 0 Å². The van der Waals surface area contributed by atoms with E-state index >= 15 is 0 Å². The molecule has 5 nitrogen and oxygen atoms in total. The number of nitrogens with one attached hydrogen (secondary N) is 1. The van der Waals surface area contributed by atoms with Crippen molar-refractivity contribution in [2.24, 2.45) is 0 Å². The Balaban J connectivity index is 2.32. The van der Waals surface area contributed by atoms with Gasteiger partial charge >= 0.3 is 0 Å². The number of hydrogen-bond donors (Lipinski definition) is 1. The highest BCUT2D eigenvalue weighted by atomic mass is 32.2. The summed E-state index contributed by atoms with van der Waals surface area (Å²) in [4.78, 5) is 4.12. The minimum atomic E-state index is -3.38. The van der Waals surface area contributed by atoms with Gasteiger partial charge in [0.25, 0.3) is 0 Å². The van der Waals surface area contributed by atoms with Gasteiger partial charge in [0.1, 0.15) is 4.90 Å². The van der Waals surface area contributed by atoms with E-state index in [0.717, 1.165) is 0 Å². The number of sulfonamides is 1. The van der Waals surface area contributed by atoms with Crippen LogP contribution in [0, 0.1) is 0 Å². The van der Waals surface area contributed by atoms with Crippen molar-refractivity contribution >= 4 is 10.0 Å². The highest BCUT2D eigenvalue weighted by Crippen LogP contribution is 2.17. The van der Waals surface area contributed by atoms with Crippen molar-refractivity contribution in [3.63, 3.8) is 0 Å². The maximum absolute atomic E-state index is 12.3. The minimum Gasteiger partial charge on any atom is -0.314 e. The molecule has 1 fully saturated rings. The van der Waals surface area contributed by atoms with Crippen LogP contribution in [0.5, 0.6) is 0 Å². The molecular formula is C10H15N3O2S. The highest BCUT2D eigenvalue weighted by molar-refractivity contribution is 7.89. The number of hydrogen-bond acceptors (Lipinski definition) is 4. The summed E-state index contributed by atoms with van der Waals surface area (Å²) in [5.74, 6) is 0. The van der Waals surface area contributed by atoms with E-state index < -0.39 is 10.0 Å². The first-order valence-corrected chi connectivity index (χ1v) is 6.69. The van der Waals surface area contributed by atoms with Gasteiger partial charge in [-0.1, -0.05) is 0 Å². The van der Waals surface area contributed by atoms with E-state index in [-0.39, 0.29) is 10.9 Å². The molecule has 0 spiro atoms. The van der Waals surface area contributed by atoms with Crippen molar-refractivity contribution in [1.82, 2.24) is 14.6 Å². The van der Waals surface area contributed by atoms with E-state index in [1.54, 1.807) is 18.3 Å². The van der Waals surface area contributed by atoms with Gasteiger partial charge in [0, 0.05) is 38.1 Å². The Hall–Kier alpha value is -0.980. The molecule has 0 aliphatic carbocycles. The first-order valence-electron chi connectivity index (χ1n) is 5.25. The Bertz CT molecular complexity index is 446. The van der Waals surface area contributed by atoms with Crippen LogP contribution in [0.15, 0.2) is 29.4 Å². The predicted octanol–water partition coefficient (Wildman–Crippen LogP) is 0.0640. The van der Waals surface area contributed by atoms with Crippen molar-refractivity contribution in [3.05, 3.63) is 24.5 Å². The van der Waals surface area contributed by atoms with Crippen molar-refractivity contribution in [2.75, 3.05) is 19.6 Å². The second-order valence-corrected chi connectivity index (χ2v) is 5.75. The lowest BCUT2D eigenvalue weighted by atomic mass is 10.3. The van der Waals surface area contributed by atoms with Crippen LogP contribution >= 0.6 is 0 Å². The Kier molecular flexibility index (Phi) is 3.22. The fraction of sp³-hybridized carbons (Fsp3) is 0.500. The predicted molar refractivity (Wildman–Crippen MR) is 60.5 cm³/mol. The molecule has 2 heterocycles. The Morgan fingerprint density at radius 1 is 1.56 bits per heavy atom. The topological polar surface area (TPSA) is 62.3 Å². The van der Waals surface area contributed by atoms with Crippen LogP contribution in [0.3, 0.4) is 0 Å². The molecule has 88 valence electrons. The van der Waals surface area contributed by atoms with Gasteiger partial charge in [-0.05, 0) is 19.1 Å². The van der Waals surface area contributed by atoms with E-state index in [1.807, 2.05) is 6.92 Å². The molecule has 6 heteroatoms. The van der Waals surface area contributed by atoms with Crippen LogP contribution in [0.4, 0.5) is 0 Å². The Morgan fingerprint density at radius 3 is 3.00 bits per heavy atom. The van der Waals surface area contributed by atoms with Crippen LogP contribution in [0.1, 0.15) is 6.92 Å². The summed E-state index contributed by atoms with van der Waals surface area (Å²) in [6, 6.07) is 3.20. The van der Waals surface area contributed by atoms with Gasteiger partial charge in [-0.2, -0.15) is 4.31 Å². The van der Waals surface area contributed by atoms with E-state index in [0.29, 0.717) is 19.6 Å². The second kappa shape index (κ2) is 4.48. The molecule has 1 atom stereocenters. The fourth-order valence-corrected chi connectivity index (χ4v) is 3.41.